The summed E-state index contributed by atoms with van der Waals surface area (Å²) in [5.74, 6) is -1.26. The average molecular weight is 272 g/mol. The third kappa shape index (κ3) is 7.40. The van der Waals surface area contributed by atoms with Crippen molar-refractivity contribution in [1.82, 2.24) is 10.6 Å². The maximum absolute atomic E-state index is 11.5. The van der Waals surface area contributed by atoms with E-state index >= 15 is 0 Å². The van der Waals surface area contributed by atoms with Crippen LogP contribution in [0.15, 0.2) is 0 Å². The standard InChI is InChI=1S/C12H20N2O5/c15-10(3-1-2-4-11(16)17)14-12(18)13-9-5-7-19-8-6-9/h9H,1-8H2,(H,16,17)(H2,13,14,15,18). The first kappa shape index (κ1) is 15.4. The van der Waals surface area contributed by atoms with Gasteiger partial charge in [0.1, 0.15) is 0 Å². The quantitative estimate of drug-likeness (QED) is 0.615. The molecule has 1 aliphatic rings. The van der Waals surface area contributed by atoms with E-state index in [9.17, 15) is 14.4 Å². The molecule has 108 valence electrons. The first-order valence-corrected chi connectivity index (χ1v) is 6.48. The van der Waals surface area contributed by atoms with Crippen LogP contribution in [-0.4, -0.2) is 42.3 Å². The second-order valence-corrected chi connectivity index (χ2v) is 4.51. The van der Waals surface area contributed by atoms with Crippen LogP contribution < -0.4 is 10.6 Å². The highest BCUT2D eigenvalue weighted by molar-refractivity contribution is 5.94. The molecule has 0 aliphatic carbocycles. The van der Waals surface area contributed by atoms with Crippen LogP contribution in [0.4, 0.5) is 4.79 Å². The fraction of sp³-hybridized carbons (Fsp3) is 0.750. The summed E-state index contributed by atoms with van der Waals surface area (Å²) in [5.41, 5.74) is 0. The van der Waals surface area contributed by atoms with Crippen LogP contribution in [0, 0.1) is 0 Å². The molecular formula is C12H20N2O5. The predicted octanol–water partition coefficient (Wildman–Crippen LogP) is 0.636. The first-order valence-electron chi connectivity index (χ1n) is 6.48. The maximum atomic E-state index is 11.5. The van der Waals surface area contributed by atoms with Gasteiger partial charge in [-0.3, -0.25) is 14.9 Å². The number of hydrogen-bond donors (Lipinski definition) is 3. The second-order valence-electron chi connectivity index (χ2n) is 4.51. The molecule has 0 unspecified atom stereocenters. The number of carboxylic acid groups (broad SMARTS) is 1. The topological polar surface area (TPSA) is 105 Å². The molecule has 1 rings (SSSR count). The Labute approximate surface area is 111 Å². The first-order chi connectivity index (χ1) is 9.08. The third-order valence-corrected chi connectivity index (χ3v) is 2.85. The molecule has 1 aliphatic heterocycles. The zero-order valence-corrected chi connectivity index (χ0v) is 10.8. The van der Waals surface area contributed by atoms with Crippen LogP contribution in [0.3, 0.4) is 0 Å². The van der Waals surface area contributed by atoms with Crippen LogP contribution in [0.1, 0.15) is 38.5 Å². The molecule has 0 atom stereocenters. The summed E-state index contributed by atoms with van der Waals surface area (Å²) in [6.07, 6.45) is 2.60. The summed E-state index contributed by atoms with van der Waals surface area (Å²) in [6.45, 7) is 1.24. The largest absolute Gasteiger partial charge is 0.481 e. The van der Waals surface area contributed by atoms with Gasteiger partial charge >= 0.3 is 12.0 Å². The summed E-state index contributed by atoms with van der Waals surface area (Å²) >= 11 is 0. The number of hydrogen-bond acceptors (Lipinski definition) is 4. The van der Waals surface area contributed by atoms with Crippen LogP contribution >= 0.6 is 0 Å². The minimum Gasteiger partial charge on any atom is -0.481 e. The lowest BCUT2D eigenvalue weighted by atomic mass is 10.1. The Kier molecular flexibility index (Phi) is 6.88. The summed E-state index contributed by atoms with van der Waals surface area (Å²) in [6, 6.07) is -0.441. The Bertz CT molecular complexity index is 326. The molecule has 0 saturated carbocycles. The van der Waals surface area contributed by atoms with Crippen molar-refractivity contribution in [3.8, 4) is 0 Å². The molecular weight excluding hydrogens is 252 g/mol. The fourth-order valence-electron chi connectivity index (χ4n) is 1.81. The number of ether oxygens (including phenoxy) is 1. The molecule has 3 amide bonds. The van der Waals surface area contributed by atoms with Gasteiger partial charge in [0.15, 0.2) is 0 Å². The third-order valence-electron chi connectivity index (χ3n) is 2.85. The molecule has 7 nitrogen and oxygen atoms in total. The van der Waals surface area contributed by atoms with E-state index in [1.165, 1.54) is 0 Å². The van der Waals surface area contributed by atoms with E-state index in [1.807, 2.05) is 0 Å². The van der Waals surface area contributed by atoms with Crippen LogP contribution in [0.5, 0.6) is 0 Å². The number of urea groups is 1. The van der Waals surface area contributed by atoms with E-state index < -0.39 is 12.0 Å². The number of unbranched alkanes of at least 4 members (excludes halogenated alkanes) is 1. The molecule has 1 saturated heterocycles. The lowest BCUT2D eigenvalue weighted by Crippen LogP contribution is -2.46. The summed E-state index contributed by atoms with van der Waals surface area (Å²) in [7, 11) is 0. The molecule has 1 heterocycles. The highest BCUT2D eigenvalue weighted by Crippen LogP contribution is 2.05. The van der Waals surface area contributed by atoms with E-state index in [1.54, 1.807) is 0 Å². The number of imide groups is 1. The number of rotatable bonds is 6. The van der Waals surface area contributed by atoms with E-state index in [2.05, 4.69) is 10.6 Å². The Hall–Kier alpha value is -1.63. The maximum Gasteiger partial charge on any atom is 0.321 e. The lowest BCUT2D eigenvalue weighted by Gasteiger charge is -2.22. The second kappa shape index (κ2) is 8.47. The van der Waals surface area contributed by atoms with E-state index in [0.717, 1.165) is 12.8 Å². The number of aliphatic carboxylic acids is 1. The molecule has 3 N–H and O–H groups in total. The molecule has 0 spiro atoms. The van der Waals surface area contributed by atoms with Gasteiger partial charge in [-0.05, 0) is 25.7 Å². The molecule has 0 aromatic rings. The minimum atomic E-state index is -0.877. The van der Waals surface area contributed by atoms with Crippen molar-refractivity contribution in [3.63, 3.8) is 0 Å². The van der Waals surface area contributed by atoms with Crippen LogP contribution in [-0.2, 0) is 14.3 Å². The normalized spacial score (nSPS) is 15.8. The fourth-order valence-corrected chi connectivity index (χ4v) is 1.81. The highest BCUT2D eigenvalue weighted by atomic mass is 16.5. The van der Waals surface area contributed by atoms with Crippen molar-refractivity contribution in [2.45, 2.75) is 44.6 Å². The molecule has 0 aromatic carbocycles. The zero-order valence-electron chi connectivity index (χ0n) is 10.8. The Morgan fingerprint density at radius 3 is 2.37 bits per heavy atom. The van der Waals surface area contributed by atoms with Crippen molar-refractivity contribution in [2.75, 3.05) is 13.2 Å². The summed E-state index contributed by atoms with van der Waals surface area (Å²) < 4.78 is 5.16. The van der Waals surface area contributed by atoms with E-state index in [4.69, 9.17) is 9.84 Å². The molecule has 0 radical (unpaired) electrons. The predicted molar refractivity (Wildman–Crippen MR) is 66.6 cm³/mol. The molecule has 1 fully saturated rings. The zero-order chi connectivity index (χ0) is 14.1. The van der Waals surface area contributed by atoms with Gasteiger partial charge in [-0.1, -0.05) is 0 Å². The van der Waals surface area contributed by atoms with Crippen LogP contribution in [0.25, 0.3) is 0 Å². The van der Waals surface area contributed by atoms with Gasteiger partial charge in [0, 0.05) is 32.1 Å². The Morgan fingerprint density at radius 2 is 1.74 bits per heavy atom. The number of carbonyl (C=O) groups is 3. The highest BCUT2D eigenvalue weighted by Gasteiger charge is 2.17. The Morgan fingerprint density at radius 1 is 1.11 bits per heavy atom. The van der Waals surface area contributed by atoms with Crippen LogP contribution in [0.2, 0.25) is 0 Å². The van der Waals surface area contributed by atoms with Gasteiger partial charge < -0.3 is 15.2 Å². The Balaban J connectivity index is 2.09. The van der Waals surface area contributed by atoms with Gasteiger partial charge in [-0.2, -0.15) is 0 Å². The minimum absolute atomic E-state index is 0.0432. The van der Waals surface area contributed by atoms with Gasteiger partial charge in [-0.15, -0.1) is 0 Å². The number of amides is 3. The van der Waals surface area contributed by atoms with Crippen molar-refractivity contribution in [1.29, 1.82) is 0 Å². The van der Waals surface area contributed by atoms with Crippen molar-refractivity contribution >= 4 is 17.9 Å². The van der Waals surface area contributed by atoms with Gasteiger partial charge in [-0.25, -0.2) is 4.79 Å². The van der Waals surface area contributed by atoms with Gasteiger partial charge in [0.25, 0.3) is 0 Å². The smallest absolute Gasteiger partial charge is 0.321 e. The molecule has 0 bridgehead atoms. The number of nitrogens with one attached hydrogen (secondary N) is 2. The van der Waals surface area contributed by atoms with Crippen molar-refractivity contribution < 1.29 is 24.2 Å². The summed E-state index contributed by atoms with van der Waals surface area (Å²) in [5, 5.41) is 13.4. The van der Waals surface area contributed by atoms with Crippen molar-refractivity contribution in [2.24, 2.45) is 0 Å². The molecule has 0 aromatic heterocycles. The lowest BCUT2D eigenvalue weighted by molar-refractivity contribution is -0.137. The van der Waals surface area contributed by atoms with Crippen molar-refractivity contribution in [3.05, 3.63) is 0 Å². The summed E-state index contributed by atoms with van der Waals surface area (Å²) in [4.78, 5) is 33.1. The monoisotopic (exact) mass is 272 g/mol. The van der Waals surface area contributed by atoms with E-state index in [-0.39, 0.29) is 24.8 Å². The SMILES string of the molecule is O=C(O)CCCCC(=O)NC(=O)NC1CCOCC1. The number of carboxylic acids is 1. The van der Waals surface area contributed by atoms with Gasteiger partial charge in [0.05, 0.1) is 0 Å². The average Bonchev–Trinajstić information content (AvgIpc) is 2.35. The number of carbonyl (C=O) groups excluding carboxylic acids is 2. The van der Waals surface area contributed by atoms with Gasteiger partial charge in [0.2, 0.25) is 5.91 Å². The van der Waals surface area contributed by atoms with E-state index in [0.29, 0.717) is 26.1 Å². The molecule has 7 heteroatoms. The molecule has 19 heavy (non-hydrogen) atoms.